The Morgan fingerprint density at radius 3 is 2.44 bits per heavy atom. The van der Waals surface area contributed by atoms with Gasteiger partial charge in [0.2, 0.25) is 11.8 Å². The van der Waals surface area contributed by atoms with Crippen LogP contribution < -0.4 is 21.5 Å². The lowest BCUT2D eigenvalue weighted by Gasteiger charge is -2.11. The van der Waals surface area contributed by atoms with Crippen LogP contribution in [0.4, 0.5) is 5.69 Å². The van der Waals surface area contributed by atoms with Crippen LogP contribution in [0.25, 0.3) is 10.1 Å². The third-order valence-corrected chi connectivity index (χ3v) is 6.69. The number of fused-ring (bicyclic) bond motifs is 1. The van der Waals surface area contributed by atoms with Crippen LogP contribution in [0.5, 0.6) is 0 Å². The second-order valence-corrected chi connectivity index (χ2v) is 8.90. The molecule has 3 aromatic rings. The van der Waals surface area contributed by atoms with Crippen molar-refractivity contribution >= 4 is 85.4 Å². The number of hydrazine groups is 1. The first-order valence-corrected chi connectivity index (χ1v) is 11.4. The summed E-state index contributed by atoms with van der Waals surface area (Å²) in [5.74, 6) is -1.29. The van der Waals surface area contributed by atoms with Gasteiger partial charge in [-0.3, -0.25) is 30.6 Å². The number of rotatable bonds is 5. The fourth-order valence-corrected chi connectivity index (χ4v) is 4.45. The molecule has 3 rings (SSSR count). The van der Waals surface area contributed by atoms with Crippen molar-refractivity contribution < 1.29 is 14.4 Å². The summed E-state index contributed by atoms with van der Waals surface area (Å²) < 4.78 is 0.876. The summed E-state index contributed by atoms with van der Waals surface area (Å²) >= 11 is 18.6. The zero-order valence-corrected chi connectivity index (χ0v) is 19.9. The second kappa shape index (κ2) is 10.7. The molecular weight excluding hydrogens is 491 g/mol. The Morgan fingerprint density at radius 1 is 0.969 bits per heavy atom. The zero-order chi connectivity index (χ0) is 23.3. The van der Waals surface area contributed by atoms with Crippen molar-refractivity contribution in [1.82, 2.24) is 16.2 Å². The van der Waals surface area contributed by atoms with Crippen molar-refractivity contribution in [2.24, 2.45) is 0 Å². The van der Waals surface area contributed by atoms with Crippen molar-refractivity contribution in [2.45, 2.75) is 19.8 Å². The largest absolute Gasteiger partial charge is 0.326 e. The predicted molar refractivity (Wildman–Crippen MR) is 132 cm³/mol. The molecule has 1 heterocycles. The number of carbonyl (C=O) groups is 3. The van der Waals surface area contributed by atoms with Gasteiger partial charge in [0.1, 0.15) is 4.88 Å². The highest BCUT2D eigenvalue weighted by atomic mass is 35.5. The van der Waals surface area contributed by atoms with Crippen LogP contribution in [0.3, 0.4) is 0 Å². The highest BCUT2D eigenvalue weighted by molar-refractivity contribution is 7.80. The Labute approximate surface area is 203 Å². The van der Waals surface area contributed by atoms with Gasteiger partial charge < -0.3 is 5.32 Å². The maximum atomic E-state index is 12.4. The van der Waals surface area contributed by atoms with Gasteiger partial charge in [0, 0.05) is 33.6 Å². The molecule has 0 unspecified atom stereocenters. The zero-order valence-electron chi connectivity index (χ0n) is 16.8. The quantitative estimate of drug-likeness (QED) is 0.298. The topological polar surface area (TPSA) is 99.3 Å². The van der Waals surface area contributed by atoms with Gasteiger partial charge in [-0.1, -0.05) is 47.5 Å². The molecule has 0 aliphatic rings. The van der Waals surface area contributed by atoms with E-state index < -0.39 is 11.8 Å². The first-order chi connectivity index (χ1) is 15.3. The Morgan fingerprint density at radius 2 is 1.69 bits per heavy atom. The Kier molecular flexibility index (Phi) is 8.03. The smallest absolute Gasteiger partial charge is 0.269 e. The number of benzene rings is 2. The molecule has 166 valence electrons. The van der Waals surface area contributed by atoms with E-state index in [2.05, 4.69) is 21.5 Å². The van der Waals surface area contributed by atoms with Crippen molar-refractivity contribution in [3.8, 4) is 0 Å². The van der Waals surface area contributed by atoms with E-state index in [1.54, 1.807) is 25.1 Å². The number of anilines is 1. The van der Waals surface area contributed by atoms with E-state index in [9.17, 15) is 14.4 Å². The molecular formula is C21H18Cl2N4O3S2. The Balaban J connectivity index is 1.43. The van der Waals surface area contributed by atoms with E-state index in [4.69, 9.17) is 35.4 Å². The van der Waals surface area contributed by atoms with Crippen LogP contribution >= 0.6 is 46.8 Å². The molecule has 0 aliphatic carbocycles. The lowest BCUT2D eigenvalue weighted by molar-refractivity contribution is -0.124. The minimum Gasteiger partial charge on any atom is -0.326 e. The van der Waals surface area contributed by atoms with Crippen LogP contribution in [0, 0.1) is 6.92 Å². The van der Waals surface area contributed by atoms with Gasteiger partial charge in [-0.05, 0) is 42.9 Å². The number of halogens is 2. The fraction of sp³-hybridized carbons (Fsp3) is 0.143. The van der Waals surface area contributed by atoms with Gasteiger partial charge >= 0.3 is 0 Å². The molecule has 2 aromatic carbocycles. The molecule has 4 N–H and O–H groups in total. The van der Waals surface area contributed by atoms with Gasteiger partial charge in [-0.25, -0.2) is 0 Å². The molecule has 32 heavy (non-hydrogen) atoms. The van der Waals surface area contributed by atoms with Crippen molar-refractivity contribution in [3.05, 3.63) is 63.0 Å². The van der Waals surface area contributed by atoms with E-state index in [0.29, 0.717) is 20.6 Å². The number of thiophene rings is 1. The van der Waals surface area contributed by atoms with Crippen LogP contribution in [-0.2, 0) is 9.59 Å². The summed E-state index contributed by atoms with van der Waals surface area (Å²) in [6.07, 6.45) is -0.132. The van der Waals surface area contributed by atoms with Gasteiger partial charge in [-0.15, -0.1) is 11.3 Å². The number of nitrogens with one attached hydrogen (secondary N) is 4. The maximum absolute atomic E-state index is 12.4. The van der Waals surface area contributed by atoms with Crippen LogP contribution in [-0.4, -0.2) is 22.8 Å². The number of hydrogen-bond acceptors (Lipinski definition) is 5. The van der Waals surface area contributed by atoms with Gasteiger partial charge in [0.15, 0.2) is 5.11 Å². The molecule has 0 fully saturated rings. The Hall–Kier alpha value is -2.72. The van der Waals surface area contributed by atoms with Crippen molar-refractivity contribution in [2.75, 3.05) is 5.32 Å². The normalized spacial score (nSPS) is 10.5. The minimum absolute atomic E-state index is 0.0457. The average molecular weight is 509 g/mol. The van der Waals surface area contributed by atoms with Crippen molar-refractivity contribution in [1.29, 1.82) is 0 Å². The highest BCUT2D eigenvalue weighted by Crippen LogP contribution is 2.34. The monoisotopic (exact) mass is 508 g/mol. The molecule has 0 saturated carbocycles. The van der Waals surface area contributed by atoms with E-state index in [1.807, 2.05) is 24.3 Å². The van der Waals surface area contributed by atoms with E-state index in [1.165, 1.54) is 11.3 Å². The van der Waals surface area contributed by atoms with E-state index in [-0.39, 0.29) is 23.9 Å². The summed E-state index contributed by atoms with van der Waals surface area (Å²) in [5.41, 5.74) is 6.12. The number of hydrogen-bond donors (Lipinski definition) is 4. The lowest BCUT2D eigenvalue weighted by Crippen LogP contribution is -2.48. The summed E-state index contributed by atoms with van der Waals surface area (Å²) in [6.45, 7) is 1.79. The molecule has 3 amide bonds. The summed E-state index contributed by atoms with van der Waals surface area (Å²) in [4.78, 5) is 36.8. The number of amides is 3. The van der Waals surface area contributed by atoms with Crippen LogP contribution in [0.15, 0.2) is 42.5 Å². The molecule has 1 aromatic heterocycles. The first-order valence-electron chi connectivity index (χ1n) is 9.38. The van der Waals surface area contributed by atoms with E-state index >= 15 is 0 Å². The standard InChI is InChI=1S/C21H18Cl2N4O3S2/c1-11-13(22)6-4-7-14(11)24-16(28)9-10-17(29)26-27-21(31)25-20(30)19-18(23)12-5-2-3-8-15(12)32-19/h2-8H,9-10H2,1H3,(H,24,28)(H,26,29)(H2,25,27,30,31). The number of thiocarbonyl (C=S) groups is 1. The second-order valence-electron chi connectivity index (χ2n) is 6.66. The lowest BCUT2D eigenvalue weighted by atomic mass is 10.2. The predicted octanol–water partition coefficient (Wildman–Crippen LogP) is 4.57. The average Bonchev–Trinajstić information content (AvgIpc) is 3.11. The molecule has 0 atom stereocenters. The van der Waals surface area contributed by atoms with Gasteiger partial charge in [-0.2, -0.15) is 0 Å². The molecule has 0 saturated heterocycles. The third-order valence-electron chi connectivity index (χ3n) is 4.40. The summed E-state index contributed by atoms with van der Waals surface area (Å²) in [7, 11) is 0. The van der Waals surface area contributed by atoms with Crippen molar-refractivity contribution in [3.63, 3.8) is 0 Å². The molecule has 0 radical (unpaired) electrons. The van der Waals surface area contributed by atoms with E-state index in [0.717, 1.165) is 15.6 Å². The fourth-order valence-electron chi connectivity index (χ4n) is 2.72. The SMILES string of the molecule is Cc1c(Cl)cccc1NC(=O)CCC(=O)NNC(=S)NC(=O)c1sc2ccccc2c1Cl. The summed E-state index contributed by atoms with van der Waals surface area (Å²) in [6, 6.07) is 12.6. The molecule has 0 bridgehead atoms. The third kappa shape index (κ3) is 5.95. The van der Waals surface area contributed by atoms with Gasteiger partial charge in [0.05, 0.1) is 5.02 Å². The minimum atomic E-state index is -0.487. The summed E-state index contributed by atoms with van der Waals surface area (Å²) in [5, 5.41) is 6.74. The molecule has 7 nitrogen and oxygen atoms in total. The molecule has 0 aliphatic heterocycles. The number of carbonyl (C=O) groups excluding carboxylic acids is 3. The first kappa shape index (κ1) is 23.9. The van der Waals surface area contributed by atoms with Crippen LogP contribution in [0.2, 0.25) is 10.0 Å². The maximum Gasteiger partial charge on any atom is 0.269 e. The van der Waals surface area contributed by atoms with Gasteiger partial charge in [0.25, 0.3) is 5.91 Å². The highest BCUT2D eigenvalue weighted by Gasteiger charge is 2.18. The Bertz CT molecular complexity index is 1210. The molecule has 11 heteroatoms. The van der Waals surface area contributed by atoms with Crippen LogP contribution in [0.1, 0.15) is 28.1 Å². The molecule has 0 spiro atoms.